The van der Waals surface area contributed by atoms with Crippen LogP contribution in [-0.4, -0.2) is 31.1 Å². The molecule has 1 aromatic carbocycles. The zero-order valence-corrected chi connectivity index (χ0v) is 11.0. The molecule has 2 nitrogen and oxygen atoms in total. The summed E-state index contributed by atoms with van der Waals surface area (Å²) in [5.41, 5.74) is 1.42. The zero-order valence-electron chi connectivity index (χ0n) is 11.0. The summed E-state index contributed by atoms with van der Waals surface area (Å²) in [5, 5.41) is 3.47. The van der Waals surface area contributed by atoms with E-state index in [9.17, 15) is 0 Å². The van der Waals surface area contributed by atoms with E-state index < -0.39 is 0 Å². The largest absolute Gasteiger partial charge is 0.317 e. The maximum Gasteiger partial charge on any atom is 0.0233 e. The second kappa shape index (κ2) is 6.18. The Morgan fingerprint density at radius 2 is 2.00 bits per heavy atom. The van der Waals surface area contributed by atoms with Gasteiger partial charge in [0.15, 0.2) is 0 Å². The second-order valence-electron chi connectivity index (χ2n) is 5.11. The molecule has 1 fully saturated rings. The number of benzene rings is 1. The Labute approximate surface area is 105 Å². The molecule has 1 aliphatic carbocycles. The van der Waals surface area contributed by atoms with Gasteiger partial charge in [0.1, 0.15) is 0 Å². The van der Waals surface area contributed by atoms with Gasteiger partial charge < -0.3 is 5.32 Å². The van der Waals surface area contributed by atoms with Gasteiger partial charge in [0, 0.05) is 12.6 Å². The average molecular weight is 232 g/mol. The molecule has 0 aromatic heterocycles. The molecule has 0 aliphatic heterocycles. The Balaban J connectivity index is 1.82. The summed E-state index contributed by atoms with van der Waals surface area (Å²) >= 11 is 0. The Bertz CT molecular complexity index is 323. The van der Waals surface area contributed by atoms with E-state index >= 15 is 0 Å². The quantitative estimate of drug-likeness (QED) is 0.810. The molecule has 2 rings (SSSR count). The third kappa shape index (κ3) is 3.30. The van der Waals surface area contributed by atoms with Crippen LogP contribution in [0.25, 0.3) is 0 Å². The van der Waals surface area contributed by atoms with Gasteiger partial charge in [-0.1, -0.05) is 37.3 Å². The molecule has 2 unspecified atom stereocenters. The van der Waals surface area contributed by atoms with Crippen molar-refractivity contribution in [2.45, 2.75) is 32.4 Å². The highest BCUT2D eigenvalue weighted by atomic mass is 15.1. The van der Waals surface area contributed by atoms with Gasteiger partial charge in [-0.3, -0.25) is 4.90 Å². The normalized spacial score (nSPS) is 23.7. The summed E-state index contributed by atoms with van der Waals surface area (Å²) < 4.78 is 0. The van der Waals surface area contributed by atoms with Crippen molar-refractivity contribution in [3.05, 3.63) is 35.9 Å². The number of rotatable bonds is 6. The Hall–Kier alpha value is -0.860. The van der Waals surface area contributed by atoms with E-state index in [1.165, 1.54) is 24.9 Å². The molecule has 0 spiro atoms. The minimum Gasteiger partial charge on any atom is -0.317 e. The number of hydrogen-bond acceptors (Lipinski definition) is 2. The standard InChI is InChI=1S/C15H24N2/c1-3-16-11-14-9-10-15(14)17(2)12-13-7-5-4-6-8-13/h4-8,14-16H,3,9-12H2,1-2H3. The summed E-state index contributed by atoms with van der Waals surface area (Å²) in [4.78, 5) is 2.51. The zero-order chi connectivity index (χ0) is 12.1. The summed E-state index contributed by atoms with van der Waals surface area (Å²) in [6.07, 6.45) is 2.75. The van der Waals surface area contributed by atoms with Crippen LogP contribution in [0.3, 0.4) is 0 Å². The van der Waals surface area contributed by atoms with Crippen LogP contribution in [0, 0.1) is 5.92 Å². The van der Waals surface area contributed by atoms with Gasteiger partial charge in [-0.15, -0.1) is 0 Å². The topological polar surface area (TPSA) is 15.3 Å². The molecule has 1 saturated carbocycles. The summed E-state index contributed by atoms with van der Waals surface area (Å²) in [7, 11) is 2.26. The second-order valence-corrected chi connectivity index (χ2v) is 5.11. The van der Waals surface area contributed by atoms with Crippen molar-refractivity contribution < 1.29 is 0 Å². The highest BCUT2D eigenvalue weighted by Crippen LogP contribution is 2.31. The SMILES string of the molecule is CCNCC1CCC1N(C)Cc1ccccc1. The highest BCUT2D eigenvalue weighted by Gasteiger charge is 2.33. The molecule has 2 atom stereocenters. The van der Waals surface area contributed by atoms with E-state index in [2.05, 4.69) is 54.5 Å². The minimum atomic E-state index is 0.772. The molecule has 17 heavy (non-hydrogen) atoms. The van der Waals surface area contributed by atoms with Crippen LogP contribution in [-0.2, 0) is 6.54 Å². The predicted molar refractivity (Wildman–Crippen MR) is 73.0 cm³/mol. The third-order valence-electron chi connectivity index (χ3n) is 3.87. The van der Waals surface area contributed by atoms with Crippen LogP contribution >= 0.6 is 0 Å². The Morgan fingerprint density at radius 3 is 2.59 bits per heavy atom. The molecule has 0 amide bonds. The van der Waals surface area contributed by atoms with Crippen LogP contribution < -0.4 is 5.32 Å². The molecule has 1 aliphatic rings. The van der Waals surface area contributed by atoms with E-state index in [-0.39, 0.29) is 0 Å². The van der Waals surface area contributed by atoms with Crippen molar-refractivity contribution >= 4 is 0 Å². The van der Waals surface area contributed by atoms with Gasteiger partial charge in [0.05, 0.1) is 0 Å². The van der Waals surface area contributed by atoms with E-state index in [4.69, 9.17) is 0 Å². The molecule has 1 N–H and O–H groups in total. The summed E-state index contributed by atoms with van der Waals surface area (Å²) in [5.74, 6) is 0.851. The first kappa shape index (κ1) is 12.6. The van der Waals surface area contributed by atoms with E-state index in [1.54, 1.807) is 0 Å². The molecular weight excluding hydrogens is 208 g/mol. The van der Waals surface area contributed by atoms with Crippen molar-refractivity contribution in [3.8, 4) is 0 Å². The van der Waals surface area contributed by atoms with Gasteiger partial charge >= 0.3 is 0 Å². The summed E-state index contributed by atoms with van der Waals surface area (Å²) in [6.45, 7) is 5.53. The fraction of sp³-hybridized carbons (Fsp3) is 0.600. The number of nitrogens with zero attached hydrogens (tertiary/aromatic N) is 1. The molecular formula is C15H24N2. The molecule has 0 saturated heterocycles. The number of nitrogens with one attached hydrogen (secondary N) is 1. The maximum absolute atomic E-state index is 3.47. The van der Waals surface area contributed by atoms with Gasteiger partial charge in [-0.2, -0.15) is 0 Å². The lowest BCUT2D eigenvalue weighted by atomic mass is 9.78. The maximum atomic E-state index is 3.47. The van der Waals surface area contributed by atoms with E-state index in [0.29, 0.717) is 0 Å². The first-order valence-corrected chi connectivity index (χ1v) is 6.76. The smallest absolute Gasteiger partial charge is 0.0233 e. The molecule has 0 heterocycles. The van der Waals surface area contributed by atoms with Gasteiger partial charge in [0.2, 0.25) is 0 Å². The lowest BCUT2D eigenvalue weighted by molar-refractivity contribution is 0.0784. The van der Waals surface area contributed by atoms with Crippen molar-refractivity contribution in [1.82, 2.24) is 10.2 Å². The lowest BCUT2D eigenvalue weighted by Gasteiger charge is -2.43. The Kier molecular flexibility index (Phi) is 4.57. The van der Waals surface area contributed by atoms with Gasteiger partial charge in [0.25, 0.3) is 0 Å². The van der Waals surface area contributed by atoms with Crippen LogP contribution in [0.5, 0.6) is 0 Å². The molecule has 0 radical (unpaired) electrons. The molecule has 1 aromatic rings. The van der Waals surface area contributed by atoms with E-state index in [0.717, 1.165) is 25.0 Å². The predicted octanol–water partition coefficient (Wildman–Crippen LogP) is 2.51. The Morgan fingerprint density at radius 1 is 1.24 bits per heavy atom. The first-order chi connectivity index (χ1) is 8.31. The van der Waals surface area contributed by atoms with Crippen molar-refractivity contribution in [3.63, 3.8) is 0 Å². The van der Waals surface area contributed by atoms with Crippen LogP contribution in [0.15, 0.2) is 30.3 Å². The third-order valence-corrected chi connectivity index (χ3v) is 3.87. The van der Waals surface area contributed by atoms with Gasteiger partial charge in [-0.05, 0) is 44.5 Å². The van der Waals surface area contributed by atoms with Crippen molar-refractivity contribution in [1.29, 1.82) is 0 Å². The molecule has 94 valence electrons. The average Bonchev–Trinajstić information content (AvgIpc) is 2.29. The van der Waals surface area contributed by atoms with Crippen LogP contribution in [0.1, 0.15) is 25.3 Å². The highest BCUT2D eigenvalue weighted by molar-refractivity contribution is 5.14. The minimum absolute atomic E-state index is 0.772. The monoisotopic (exact) mass is 232 g/mol. The van der Waals surface area contributed by atoms with Gasteiger partial charge in [-0.25, -0.2) is 0 Å². The first-order valence-electron chi connectivity index (χ1n) is 6.76. The molecule has 0 bridgehead atoms. The summed E-state index contributed by atoms with van der Waals surface area (Å²) in [6, 6.07) is 11.5. The van der Waals surface area contributed by atoms with Crippen molar-refractivity contribution in [2.75, 3.05) is 20.1 Å². The fourth-order valence-electron chi connectivity index (χ4n) is 2.69. The number of hydrogen-bond donors (Lipinski definition) is 1. The van der Waals surface area contributed by atoms with Crippen LogP contribution in [0.4, 0.5) is 0 Å². The van der Waals surface area contributed by atoms with Crippen molar-refractivity contribution in [2.24, 2.45) is 5.92 Å². The van der Waals surface area contributed by atoms with E-state index in [1.807, 2.05) is 0 Å². The van der Waals surface area contributed by atoms with Crippen LogP contribution in [0.2, 0.25) is 0 Å². The fourth-order valence-corrected chi connectivity index (χ4v) is 2.69. The molecule has 2 heteroatoms. The lowest BCUT2D eigenvalue weighted by Crippen LogP contribution is -2.48.